The van der Waals surface area contributed by atoms with Crippen LogP contribution in [0.25, 0.3) is 10.2 Å². The fraction of sp³-hybridized carbons (Fsp3) is 0.417. The van der Waals surface area contributed by atoms with Gasteiger partial charge in [-0.25, -0.2) is 4.98 Å². The highest BCUT2D eigenvalue weighted by Crippen LogP contribution is 2.32. The van der Waals surface area contributed by atoms with Crippen LogP contribution in [0.1, 0.15) is 6.42 Å². The molecule has 0 spiro atoms. The molecule has 2 heterocycles. The third-order valence-electron chi connectivity index (χ3n) is 3.02. The topological polar surface area (TPSA) is 45.6 Å². The van der Waals surface area contributed by atoms with E-state index in [4.69, 9.17) is 4.74 Å². The van der Waals surface area contributed by atoms with Crippen LogP contribution in [0.3, 0.4) is 0 Å². The first kappa shape index (κ1) is 10.8. The number of rotatable bonds is 2. The number of methoxy groups -OCH3 is 1. The van der Waals surface area contributed by atoms with Crippen molar-refractivity contribution in [1.82, 2.24) is 4.98 Å². The number of ether oxygens (including phenoxy) is 1. The maximum Gasteiger partial charge on any atom is 0.186 e. The summed E-state index contributed by atoms with van der Waals surface area (Å²) in [5.41, 5.74) is 0.993. The van der Waals surface area contributed by atoms with Crippen LogP contribution in [0.5, 0.6) is 5.75 Å². The predicted molar refractivity (Wildman–Crippen MR) is 69.0 cm³/mol. The van der Waals surface area contributed by atoms with Crippen LogP contribution in [0.4, 0.5) is 5.13 Å². The van der Waals surface area contributed by atoms with Crippen LogP contribution < -0.4 is 9.64 Å². The minimum Gasteiger partial charge on any atom is -0.497 e. The maximum absolute atomic E-state index is 9.53. The van der Waals surface area contributed by atoms with Gasteiger partial charge in [0.05, 0.1) is 23.4 Å². The first-order chi connectivity index (χ1) is 8.26. The molecule has 1 aliphatic heterocycles. The summed E-state index contributed by atoms with van der Waals surface area (Å²) in [4.78, 5) is 6.72. The maximum atomic E-state index is 9.53. The smallest absolute Gasteiger partial charge is 0.186 e. The van der Waals surface area contributed by atoms with Crippen LogP contribution in [-0.4, -0.2) is 36.4 Å². The van der Waals surface area contributed by atoms with Crippen LogP contribution >= 0.6 is 11.3 Å². The fourth-order valence-electron chi connectivity index (χ4n) is 2.07. The Morgan fingerprint density at radius 3 is 3.12 bits per heavy atom. The number of aromatic nitrogens is 1. The van der Waals surface area contributed by atoms with Gasteiger partial charge in [-0.1, -0.05) is 11.3 Å². The zero-order valence-electron chi connectivity index (χ0n) is 9.59. The van der Waals surface area contributed by atoms with Gasteiger partial charge in [-0.3, -0.25) is 0 Å². The minimum absolute atomic E-state index is 0.212. The molecule has 3 rings (SSSR count). The number of benzene rings is 1. The van der Waals surface area contributed by atoms with Gasteiger partial charge in [-0.05, 0) is 24.6 Å². The Morgan fingerprint density at radius 2 is 2.41 bits per heavy atom. The summed E-state index contributed by atoms with van der Waals surface area (Å²) in [6.07, 6.45) is 0.621. The summed E-state index contributed by atoms with van der Waals surface area (Å²) in [5.74, 6) is 0.856. The molecule has 1 N–H and O–H groups in total. The lowest BCUT2D eigenvalue weighted by Crippen LogP contribution is -2.20. The molecule has 4 nitrogen and oxygen atoms in total. The fourth-order valence-corrected chi connectivity index (χ4v) is 3.10. The highest BCUT2D eigenvalue weighted by Gasteiger charge is 2.22. The van der Waals surface area contributed by atoms with Gasteiger partial charge >= 0.3 is 0 Å². The molecule has 17 heavy (non-hydrogen) atoms. The van der Waals surface area contributed by atoms with Crippen molar-refractivity contribution < 1.29 is 9.84 Å². The van der Waals surface area contributed by atoms with E-state index < -0.39 is 0 Å². The number of hydrogen-bond acceptors (Lipinski definition) is 5. The molecule has 0 aliphatic carbocycles. The van der Waals surface area contributed by atoms with Crippen molar-refractivity contribution in [2.24, 2.45) is 0 Å². The van der Waals surface area contributed by atoms with Gasteiger partial charge in [0.25, 0.3) is 0 Å². The normalized spacial score (nSPS) is 20.1. The average Bonchev–Trinajstić information content (AvgIpc) is 2.93. The molecule has 1 aliphatic rings. The van der Waals surface area contributed by atoms with Crippen molar-refractivity contribution in [3.05, 3.63) is 18.2 Å². The van der Waals surface area contributed by atoms with Gasteiger partial charge in [-0.15, -0.1) is 0 Å². The number of nitrogens with zero attached hydrogens (tertiary/aromatic N) is 2. The summed E-state index contributed by atoms with van der Waals surface area (Å²) >= 11 is 1.65. The molecule has 0 amide bonds. The Bertz CT molecular complexity index is 540. The molecule has 0 saturated carbocycles. The van der Waals surface area contributed by atoms with Crippen molar-refractivity contribution in [2.75, 3.05) is 25.1 Å². The van der Waals surface area contributed by atoms with E-state index in [9.17, 15) is 5.11 Å². The van der Waals surface area contributed by atoms with Gasteiger partial charge in [0.2, 0.25) is 0 Å². The lowest BCUT2D eigenvalue weighted by molar-refractivity contribution is 0.198. The number of fused-ring (bicyclic) bond motifs is 1. The molecule has 2 aromatic rings. The SMILES string of the molecule is COc1ccc2nc(N3CCC(O)C3)sc2c1. The van der Waals surface area contributed by atoms with Gasteiger partial charge < -0.3 is 14.7 Å². The Morgan fingerprint density at radius 1 is 1.53 bits per heavy atom. The molecule has 1 saturated heterocycles. The molecule has 0 radical (unpaired) electrons. The monoisotopic (exact) mass is 250 g/mol. The molecule has 5 heteroatoms. The molecule has 0 bridgehead atoms. The summed E-state index contributed by atoms with van der Waals surface area (Å²) < 4.78 is 6.33. The Hall–Kier alpha value is -1.33. The second kappa shape index (κ2) is 4.16. The van der Waals surface area contributed by atoms with Gasteiger partial charge in [0, 0.05) is 13.1 Å². The van der Waals surface area contributed by atoms with E-state index in [1.165, 1.54) is 0 Å². The van der Waals surface area contributed by atoms with Crippen LogP contribution in [-0.2, 0) is 0 Å². The second-order valence-electron chi connectivity index (χ2n) is 4.22. The second-order valence-corrected chi connectivity index (χ2v) is 5.23. The molecule has 1 aromatic carbocycles. The Balaban J connectivity index is 1.96. The summed E-state index contributed by atoms with van der Waals surface area (Å²) in [7, 11) is 1.67. The average molecular weight is 250 g/mol. The van der Waals surface area contributed by atoms with Gasteiger partial charge in [0.15, 0.2) is 5.13 Å². The molecule has 1 unspecified atom stereocenters. The van der Waals surface area contributed by atoms with Crippen molar-refractivity contribution in [2.45, 2.75) is 12.5 Å². The van der Waals surface area contributed by atoms with E-state index in [1.54, 1.807) is 18.4 Å². The van der Waals surface area contributed by atoms with E-state index >= 15 is 0 Å². The zero-order valence-corrected chi connectivity index (χ0v) is 10.4. The van der Waals surface area contributed by atoms with Crippen molar-refractivity contribution >= 4 is 26.7 Å². The molecular weight excluding hydrogens is 236 g/mol. The minimum atomic E-state index is -0.212. The molecule has 90 valence electrons. The Kier molecular flexibility index (Phi) is 2.64. The van der Waals surface area contributed by atoms with E-state index in [0.29, 0.717) is 6.54 Å². The van der Waals surface area contributed by atoms with E-state index in [1.807, 2.05) is 18.2 Å². The number of hydrogen-bond donors (Lipinski definition) is 1. The van der Waals surface area contributed by atoms with E-state index in [-0.39, 0.29) is 6.10 Å². The number of aliphatic hydroxyl groups is 1. The third-order valence-corrected chi connectivity index (χ3v) is 4.10. The standard InChI is InChI=1S/C12H14N2O2S/c1-16-9-2-3-10-11(6-9)17-12(13-10)14-5-4-8(15)7-14/h2-3,6,8,15H,4-5,7H2,1H3. The number of aliphatic hydroxyl groups excluding tert-OH is 1. The van der Waals surface area contributed by atoms with E-state index in [0.717, 1.165) is 34.1 Å². The summed E-state index contributed by atoms with van der Waals surface area (Å²) in [6, 6.07) is 5.90. The first-order valence-electron chi connectivity index (χ1n) is 5.64. The number of anilines is 1. The largest absolute Gasteiger partial charge is 0.497 e. The third kappa shape index (κ3) is 1.96. The lowest BCUT2D eigenvalue weighted by Gasteiger charge is -2.12. The van der Waals surface area contributed by atoms with Crippen molar-refractivity contribution in [3.8, 4) is 5.75 Å². The van der Waals surface area contributed by atoms with Gasteiger partial charge in [-0.2, -0.15) is 0 Å². The van der Waals surface area contributed by atoms with E-state index in [2.05, 4.69) is 9.88 Å². The predicted octanol–water partition coefficient (Wildman–Crippen LogP) is 1.88. The zero-order chi connectivity index (χ0) is 11.8. The quantitative estimate of drug-likeness (QED) is 0.884. The van der Waals surface area contributed by atoms with Crippen molar-refractivity contribution in [1.29, 1.82) is 0 Å². The number of β-amino-alcohol motifs (C(OH)–C–C–N with tert-alkyl or cyclic N) is 1. The van der Waals surface area contributed by atoms with Crippen LogP contribution in [0, 0.1) is 0 Å². The molecule has 1 aromatic heterocycles. The van der Waals surface area contributed by atoms with Crippen LogP contribution in [0.2, 0.25) is 0 Å². The number of thiazole rings is 1. The Labute approximate surface area is 103 Å². The van der Waals surface area contributed by atoms with Gasteiger partial charge in [0.1, 0.15) is 5.75 Å². The first-order valence-corrected chi connectivity index (χ1v) is 6.45. The van der Waals surface area contributed by atoms with Crippen LogP contribution in [0.15, 0.2) is 18.2 Å². The lowest BCUT2D eigenvalue weighted by atomic mass is 10.3. The molecule has 1 atom stereocenters. The van der Waals surface area contributed by atoms with Crippen molar-refractivity contribution in [3.63, 3.8) is 0 Å². The molecule has 1 fully saturated rings. The summed E-state index contributed by atoms with van der Waals surface area (Å²) in [5, 5.41) is 10.5. The summed E-state index contributed by atoms with van der Waals surface area (Å²) in [6.45, 7) is 1.58. The highest BCUT2D eigenvalue weighted by atomic mass is 32.1. The molecular formula is C12H14N2O2S. The highest BCUT2D eigenvalue weighted by molar-refractivity contribution is 7.22.